The molecule has 3 aromatic rings. The standard InChI is InChI=1S/C17H20N6/c1-22-6-3-7-23(9-8-22)17-12-18-11-16(20-17)13-4-2-5-15-14(13)10-19-21-15/h2,4-5,10-12H,3,6-9H2,1H3,(H,19,21). The molecule has 1 N–H and O–H groups in total. The Labute approximate surface area is 135 Å². The van der Waals surface area contributed by atoms with Gasteiger partial charge in [0, 0.05) is 30.6 Å². The highest BCUT2D eigenvalue weighted by Crippen LogP contribution is 2.27. The van der Waals surface area contributed by atoms with Crippen molar-refractivity contribution in [2.24, 2.45) is 0 Å². The predicted octanol–water partition coefficient (Wildman–Crippen LogP) is 2.16. The van der Waals surface area contributed by atoms with Gasteiger partial charge >= 0.3 is 0 Å². The highest BCUT2D eigenvalue weighted by molar-refractivity contribution is 5.93. The number of hydrogen-bond acceptors (Lipinski definition) is 5. The predicted molar refractivity (Wildman–Crippen MR) is 91.4 cm³/mol. The number of hydrogen-bond donors (Lipinski definition) is 1. The Morgan fingerprint density at radius 3 is 2.96 bits per heavy atom. The molecule has 23 heavy (non-hydrogen) atoms. The van der Waals surface area contributed by atoms with E-state index < -0.39 is 0 Å². The Balaban J connectivity index is 1.70. The highest BCUT2D eigenvalue weighted by Gasteiger charge is 2.15. The van der Waals surface area contributed by atoms with Crippen LogP contribution in [-0.4, -0.2) is 58.3 Å². The minimum atomic E-state index is 0.895. The maximum absolute atomic E-state index is 4.87. The van der Waals surface area contributed by atoms with E-state index in [9.17, 15) is 0 Å². The zero-order chi connectivity index (χ0) is 15.6. The Bertz CT molecular complexity index is 811. The van der Waals surface area contributed by atoms with E-state index in [-0.39, 0.29) is 0 Å². The molecule has 0 radical (unpaired) electrons. The second-order valence-corrected chi connectivity index (χ2v) is 6.04. The molecule has 0 saturated carbocycles. The van der Waals surface area contributed by atoms with Crippen LogP contribution in [0.25, 0.3) is 22.2 Å². The summed E-state index contributed by atoms with van der Waals surface area (Å²) in [5, 5.41) is 8.22. The summed E-state index contributed by atoms with van der Waals surface area (Å²) in [6, 6.07) is 6.11. The molecule has 1 fully saturated rings. The number of H-pyrrole nitrogens is 1. The van der Waals surface area contributed by atoms with Crippen LogP contribution in [0.5, 0.6) is 0 Å². The van der Waals surface area contributed by atoms with Crippen LogP contribution in [0.2, 0.25) is 0 Å². The first-order valence-electron chi connectivity index (χ1n) is 7.99. The van der Waals surface area contributed by atoms with Crippen molar-refractivity contribution in [3.63, 3.8) is 0 Å². The Morgan fingerprint density at radius 1 is 1.04 bits per heavy atom. The fourth-order valence-electron chi connectivity index (χ4n) is 3.10. The minimum Gasteiger partial charge on any atom is -0.354 e. The van der Waals surface area contributed by atoms with Gasteiger partial charge in [0.1, 0.15) is 5.82 Å². The molecule has 1 aliphatic heterocycles. The van der Waals surface area contributed by atoms with Gasteiger partial charge in [-0.2, -0.15) is 5.10 Å². The topological polar surface area (TPSA) is 60.9 Å². The molecule has 6 heteroatoms. The van der Waals surface area contributed by atoms with Crippen LogP contribution < -0.4 is 4.90 Å². The van der Waals surface area contributed by atoms with Gasteiger partial charge in [-0.15, -0.1) is 0 Å². The molecule has 3 heterocycles. The quantitative estimate of drug-likeness (QED) is 0.786. The summed E-state index contributed by atoms with van der Waals surface area (Å²) in [7, 11) is 2.17. The van der Waals surface area contributed by atoms with Crippen LogP contribution in [0.15, 0.2) is 36.8 Å². The Morgan fingerprint density at radius 2 is 2.00 bits per heavy atom. The van der Waals surface area contributed by atoms with E-state index in [2.05, 4.69) is 38.1 Å². The highest BCUT2D eigenvalue weighted by atomic mass is 15.2. The monoisotopic (exact) mass is 308 g/mol. The molecule has 0 aliphatic carbocycles. The molecular weight excluding hydrogens is 288 g/mol. The summed E-state index contributed by atoms with van der Waals surface area (Å²) in [6.45, 7) is 4.21. The molecule has 1 aliphatic rings. The Hall–Kier alpha value is -2.47. The van der Waals surface area contributed by atoms with Gasteiger partial charge in [-0.1, -0.05) is 12.1 Å². The van der Waals surface area contributed by atoms with Crippen molar-refractivity contribution in [3.8, 4) is 11.3 Å². The number of rotatable bonds is 2. The lowest BCUT2D eigenvalue weighted by atomic mass is 10.1. The first-order chi connectivity index (χ1) is 11.3. The summed E-state index contributed by atoms with van der Waals surface area (Å²) in [6.07, 6.45) is 6.69. The lowest BCUT2D eigenvalue weighted by molar-refractivity contribution is 0.360. The molecule has 6 nitrogen and oxygen atoms in total. The van der Waals surface area contributed by atoms with Gasteiger partial charge < -0.3 is 9.80 Å². The van der Waals surface area contributed by atoms with Crippen molar-refractivity contribution in [1.82, 2.24) is 25.1 Å². The van der Waals surface area contributed by atoms with Gasteiger partial charge in [0.05, 0.1) is 29.8 Å². The van der Waals surface area contributed by atoms with E-state index in [1.54, 1.807) is 0 Å². The third kappa shape index (κ3) is 2.77. The number of anilines is 1. The van der Waals surface area contributed by atoms with E-state index in [1.165, 1.54) is 0 Å². The average molecular weight is 308 g/mol. The normalized spacial score (nSPS) is 16.7. The van der Waals surface area contributed by atoms with Crippen molar-refractivity contribution in [3.05, 3.63) is 36.8 Å². The number of likely N-dealkylation sites (N-methyl/N-ethyl adjacent to an activating group) is 1. The first kappa shape index (κ1) is 14.1. The summed E-state index contributed by atoms with van der Waals surface area (Å²) in [5.41, 5.74) is 2.98. The SMILES string of the molecule is CN1CCCN(c2cncc(-c3cccc4[nH]ncc34)n2)CC1. The smallest absolute Gasteiger partial charge is 0.147 e. The third-order valence-corrected chi connectivity index (χ3v) is 4.43. The van der Waals surface area contributed by atoms with E-state index in [4.69, 9.17) is 4.98 Å². The van der Waals surface area contributed by atoms with Crippen LogP contribution >= 0.6 is 0 Å². The zero-order valence-corrected chi connectivity index (χ0v) is 13.2. The molecule has 2 aromatic heterocycles. The van der Waals surface area contributed by atoms with Crippen molar-refractivity contribution < 1.29 is 0 Å². The molecule has 0 spiro atoms. The van der Waals surface area contributed by atoms with Crippen LogP contribution in [0.3, 0.4) is 0 Å². The number of fused-ring (bicyclic) bond motifs is 1. The number of nitrogens with one attached hydrogen (secondary N) is 1. The van der Waals surface area contributed by atoms with E-state index in [0.717, 1.165) is 60.6 Å². The summed E-state index contributed by atoms with van der Waals surface area (Å²) in [4.78, 5) is 14.0. The molecule has 1 saturated heterocycles. The number of aromatic nitrogens is 4. The fraction of sp³-hybridized carbons (Fsp3) is 0.353. The van der Waals surface area contributed by atoms with Crippen molar-refractivity contribution in [1.29, 1.82) is 0 Å². The molecular formula is C17H20N6. The largest absolute Gasteiger partial charge is 0.354 e. The van der Waals surface area contributed by atoms with Crippen molar-refractivity contribution in [2.45, 2.75) is 6.42 Å². The van der Waals surface area contributed by atoms with Gasteiger partial charge in [-0.05, 0) is 26.1 Å². The number of benzene rings is 1. The maximum atomic E-state index is 4.87. The average Bonchev–Trinajstić information content (AvgIpc) is 2.96. The summed E-state index contributed by atoms with van der Waals surface area (Å²) in [5.74, 6) is 0.957. The molecule has 0 amide bonds. The first-order valence-corrected chi connectivity index (χ1v) is 7.99. The lowest BCUT2D eigenvalue weighted by Crippen LogP contribution is -2.29. The van der Waals surface area contributed by atoms with E-state index >= 15 is 0 Å². The van der Waals surface area contributed by atoms with Crippen LogP contribution in [0, 0.1) is 0 Å². The second kappa shape index (κ2) is 5.96. The van der Waals surface area contributed by atoms with E-state index in [1.807, 2.05) is 30.7 Å². The lowest BCUT2D eigenvalue weighted by Gasteiger charge is -2.21. The molecule has 1 aromatic carbocycles. The summed E-state index contributed by atoms with van der Waals surface area (Å²) < 4.78 is 0. The number of nitrogens with zero attached hydrogens (tertiary/aromatic N) is 5. The van der Waals surface area contributed by atoms with Crippen LogP contribution in [0.1, 0.15) is 6.42 Å². The van der Waals surface area contributed by atoms with Gasteiger partial charge in [0.15, 0.2) is 0 Å². The Kier molecular flexibility index (Phi) is 3.67. The van der Waals surface area contributed by atoms with Crippen molar-refractivity contribution >= 4 is 16.7 Å². The summed E-state index contributed by atoms with van der Waals surface area (Å²) >= 11 is 0. The van der Waals surface area contributed by atoms with Gasteiger partial charge in [0.25, 0.3) is 0 Å². The number of aromatic amines is 1. The van der Waals surface area contributed by atoms with E-state index in [0.29, 0.717) is 0 Å². The molecule has 0 bridgehead atoms. The van der Waals surface area contributed by atoms with Gasteiger partial charge in [0.2, 0.25) is 0 Å². The molecule has 0 unspecified atom stereocenters. The maximum Gasteiger partial charge on any atom is 0.147 e. The third-order valence-electron chi connectivity index (χ3n) is 4.43. The van der Waals surface area contributed by atoms with Gasteiger partial charge in [-0.3, -0.25) is 10.1 Å². The molecule has 0 atom stereocenters. The van der Waals surface area contributed by atoms with Gasteiger partial charge in [-0.25, -0.2) is 4.98 Å². The zero-order valence-electron chi connectivity index (χ0n) is 13.2. The molecule has 4 rings (SSSR count). The second-order valence-electron chi connectivity index (χ2n) is 6.04. The minimum absolute atomic E-state index is 0.895. The molecule has 118 valence electrons. The van der Waals surface area contributed by atoms with Crippen LogP contribution in [-0.2, 0) is 0 Å². The van der Waals surface area contributed by atoms with Crippen molar-refractivity contribution in [2.75, 3.05) is 38.1 Å². The van der Waals surface area contributed by atoms with Crippen LogP contribution in [0.4, 0.5) is 5.82 Å². The fourth-order valence-corrected chi connectivity index (χ4v) is 3.10.